The number of piperazine rings is 1. The number of fused-ring (bicyclic) bond motifs is 1. The molecular weight excluding hydrogens is 544 g/mol. The van der Waals surface area contributed by atoms with E-state index in [-0.39, 0.29) is 34.7 Å². The molecule has 2 aromatic rings. The number of amides is 2. The summed E-state index contributed by atoms with van der Waals surface area (Å²) in [6.07, 6.45) is 7.94. The number of para-hydroxylation sites is 2. The number of hydrogen-bond acceptors (Lipinski definition) is 9. The summed E-state index contributed by atoms with van der Waals surface area (Å²) in [6, 6.07) is 7.90. The predicted molar refractivity (Wildman–Crippen MR) is 165 cm³/mol. The van der Waals surface area contributed by atoms with Crippen molar-refractivity contribution in [1.29, 1.82) is 0 Å². The van der Waals surface area contributed by atoms with Crippen LogP contribution in [0.1, 0.15) is 52.9 Å². The highest BCUT2D eigenvalue weighted by molar-refractivity contribution is 5.82. The number of benzene rings is 1. The first-order chi connectivity index (χ1) is 20.6. The lowest BCUT2D eigenvalue weighted by Crippen LogP contribution is -2.62. The Hall–Kier alpha value is -3.60. The summed E-state index contributed by atoms with van der Waals surface area (Å²) < 4.78 is 0. The normalized spacial score (nSPS) is 30.3. The van der Waals surface area contributed by atoms with Crippen LogP contribution in [0.2, 0.25) is 0 Å². The standard InChI is InChI=1S/C32H44N8O3/c1-31(2,3)38-10-8-37(9-11-38)24-19-34-29(35-20-24)39-12-13-40(26-7-5-4-6-25(26)39)43-30(42)36-27-22-14-21-15-23(27)18-32(16-21,17-22)28(33)41/h4-7,19-23,27H,8-18H2,1-3H3,(H2,33,41)(H,36,42)/t21?,22-,23+,27?,32?. The first kappa shape index (κ1) is 28.2. The number of anilines is 4. The van der Waals surface area contributed by atoms with Gasteiger partial charge in [0.1, 0.15) is 0 Å². The Morgan fingerprint density at radius 3 is 2.21 bits per heavy atom. The van der Waals surface area contributed by atoms with Crippen molar-refractivity contribution in [2.75, 3.05) is 54.1 Å². The molecule has 5 atom stereocenters. The number of aromatic nitrogens is 2. The number of nitrogens with one attached hydrogen (secondary N) is 1. The van der Waals surface area contributed by atoms with Crippen LogP contribution in [-0.4, -0.2) is 77.7 Å². The maximum atomic E-state index is 13.2. The lowest BCUT2D eigenvalue weighted by atomic mass is 9.47. The van der Waals surface area contributed by atoms with Crippen LogP contribution >= 0.6 is 0 Å². The summed E-state index contributed by atoms with van der Waals surface area (Å²) in [5, 5.41) is 4.86. The van der Waals surface area contributed by atoms with Gasteiger partial charge >= 0.3 is 6.09 Å². The van der Waals surface area contributed by atoms with E-state index in [1.165, 1.54) is 0 Å². The lowest BCUT2D eigenvalue weighted by molar-refractivity contribution is -0.145. The van der Waals surface area contributed by atoms with E-state index in [0.29, 0.717) is 25.0 Å². The monoisotopic (exact) mass is 588 g/mol. The van der Waals surface area contributed by atoms with E-state index in [1.807, 2.05) is 36.7 Å². The summed E-state index contributed by atoms with van der Waals surface area (Å²) >= 11 is 0. The largest absolute Gasteiger partial charge is 0.431 e. The third-order valence-electron chi connectivity index (χ3n) is 10.7. The first-order valence-corrected chi connectivity index (χ1v) is 15.8. The molecule has 1 saturated heterocycles. The minimum absolute atomic E-state index is 0.0245. The maximum Gasteiger partial charge on any atom is 0.431 e. The van der Waals surface area contributed by atoms with Crippen LogP contribution in [0.4, 0.5) is 27.8 Å². The Balaban J connectivity index is 1.00. The van der Waals surface area contributed by atoms with Crippen molar-refractivity contribution in [3.63, 3.8) is 0 Å². The number of carbonyl (C=O) groups excluding carboxylic acids is 2. The topological polar surface area (TPSA) is 120 Å². The number of hydroxylamine groups is 1. The molecule has 3 unspecified atom stereocenters. The second-order valence-electron chi connectivity index (χ2n) is 14.3. The quantitative estimate of drug-likeness (QED) is 0.539. The van der Waals surface area contributed by atoms with Crippen molar-refractivity contribution in [2.24, 2.45) is 28.9 Å². The van der Waals surface area contributed by atoms with E-state index in [9.17, 15) is 9.59 Å². The fourth-order valence-electron chi connectivity index (χ4n) is 8.71. The molecule has 8 rings (SSSR count). The minimum Gasteiger partial charge on any atom is -0.369 e. The summed E-state index contributed by atoms with van der Waals surface area (Å²) in [7, 11) is 0. The molecule has 3 N–H and O–H groups in total. The van der Waals surface area contributed by atoms with Crippen LogP contribution in [0.25, 0.3) is 0 Å². The highest BCUT2D eigenvalue weighted by Crippen LogP contribution is 2.60. The molecule has 2 aliphatic heterocycles. The first-order valence-electron chi connectivity index (χ1n) is 15.8. The highest BCUT2D eigenvalue weighted by atomic mass is 16.7. The Morgan fingerprint density at radius 2 is 1.58 bits per heavy atom. The van der Waals surface area contributed by atoms with Gasteiger partial charge in [0, 0.05) is 49.7 Å². The third-order valence-corrected chi connectivity index (χ3v) is 10.7. The van der Waals surface area contributed by atoms with E-state index in [2.05, 4.69) is 40.8 Å². The molecule has 5 fully saturated rings. The molecule has 4 saturated carbocycles. The molecule has 11 heteroatoms. The predicted octanol–water partition coefficient (Wildman–Crippen LogP) is 3.68. The summed E-state index contributed by atoms with van der Waals surface area (Å²) in [6.45, 7) is 11.8. The van der Waals surface area contributed by atoms with Crippen molar-refractivity contribution in [1.82, 2.24) is 20.2 Å². The highest BCUT2D eigenvalue weighted by Gasteiger charge is 2.58. The zero-order chi connectivity index (χ0) is 29.9. The lowest BCUT2D eigenvalue weighted by Gasteiger charge is -2.58. The molecule has 4 aliphatic carbocycles. The van der Waals surface area contributed by atoms with Gasteiger partial charge < -0.3 is 25.7 Å². The molecule has 0 radical (unpaired) electrons. The van der Waals surface area contributed by atoms with Gasteiger partial charge in [0.05, 0.1) is 36.0 Å². The summed E-state index contributed by atoms with van der Waals surface area (Å²) in [5.41, 5.74) is 8.37. The summed E-state index contributed by atoms with van der Waals surface area (Å²) in [5.74, 6) is 1.55. The van der Waals surface area contributed by atoms with Crippen molar-refractivity contribution in [2.45, 2.75) is 64.5 Å². The number of hydrogen-bond donors (Lipinski definition) is 2. The van der Waals surface area contributed by atoms with Gasteiger partial charge in [-0.1, -0.05) is 12.1 Å². The van der Waals surface area contributed by atoms with Crippen molar-refractivity contribution in [3.8, 4) is 0 Å². The molecule has 6 aliphatic rings. The van der Waals surface area contributed by atoms with Crippen LogP contribution in [-0.2, 0) is 9.63 Å². The smallest absolute Gasteiger partial charge is 0.369 e. The number of carbonyl (C=O) groups is 2. The number of nitrogens with zero attached hydrogens (tertiary/aromatic N) is 6. The SMILES string of the molecule is CC(C)(C)N1CCN(c2cnc(N3CCN(OC(=O)NC4[C@@H]5CC6C[C@H]4CC(C(N)=O)(C6)C5)c4ccccc43)nc2)CC1. The van der Waals surface area contributed by atoms with Crippen LogP contribution in [0, 0.1) is 23.2 Å². The number of rotatable bonds is 5. The Bertz CT molecular complexity index is 1350. The molecule has 3 heterocycles. The van der Waals surface area contributed by atoms with Gasteiger partial charge in [-0.2, -0.15) is 0 Å². The van der Waals surface area contributed by atoms with E-state index in [0.717, 1.165) is 75.3 Å². The molecule has 1 aromatic heterocycles. The number of nitrogens with two attached hydrogens (primary N) is 1. The molecule has 4 bridgehead atoms. The van der Waals surface area contributed by atoms with Gasteiger partial charge in [0.25, 0.3) is 0 Å². The Labute approximate surface area is 253 Å². The second kappa shape index (κ2) is 10.5. The van der Waals surface area contributed by atoms with Gasteiger partial charge in [-0.15, -0.1) is 0 Å². The zero-order valence-corrected chi connectivity index (χ0v) is 25.5. The van der Waals surface area contributed by atoms with Crippen LogP contribution < -0.4 is 25.9 Å². The maximum absolute atomic E-state index is 13.2. The molecule has 0 spiro atoms. The average molecular weight is 589 g/mol. The van der Waals surface area contributed by atoms with Crippen molar-refractivity contribution < 1.29 is 14.4 Å². The molecule has 230 valence electrons. The second-order valence-corrected chi connectivity index (χ2v) is 14.3. The van der Waals surface area contributed by atoms with Gasteiger partial charge in [-0.3, -0.25) is 9.69 Å². The third kappa shape index (κ3) is 5.15. The van der Waals surface area contributed by atoms with Crippen LogP contribution in [0.3, 0.4) is 0 Å². The van der Waals surface area contributed by atoms with E-state index >= 15 is 0 Å². The minimum atomic E-state index is -0.444. The van der Waals surface area contributed by atoms with Gasteiger partial charge in [-0.25, -0.2) is 19.8 Å². The Kier molecular flexibility index (Phi) is 6.91. The van der Waals surface area contributed by atoms with E-state index in [4.69, 9.17) is 20.5 Å². The zero-order valence-electron chi connectivity index (χ0n) is 25.5. The van der Waals surface area contributed by atoms with Gasteiger partial charge in [0.2, 0.25) is 11.9 Å². The van der Waals surface area contributed by atoms with Crippen LogP contribution in [0.5, 0.6) is 0 Å². The van der Waals surface area contributed by atoms with Crippen molar-refractivity contribution in [3.05, 3.63) is 36.7 Å². The van der Waals surface area contributed by atoms with E-state index in [1.54, 1.807) is 5.06 Å². The molecule has 2 amide bonds. The van der Waals surface area contributed by atoms with E-state index < -0.39 is 6.09 Å². The fraction of sp³-hybridized carbons (Fsp3) is 0.625. The molecule has 43 heavy (non-hydrogen) atoms. The molecule has 1 aromatic carbocycles. The van der Waals surface area contributed by atoms with Gasteiger partial charge in [-0.05, 0) is 82.8 Å². The average Bonchev–Trinajstić information content (AvgIpc) is 2.98. The van der Waals surface area contributed by atoms with Crippen molar-refractivity contribution >= 4 is 35.0 Å². The molecular formula is C32H44N8O3. The number of primary amides is 1. The fourth-order valence-corrected chi connectivity index (χ4v) is 8.71. The Morgan fingerprint density at radius 1 is 0.930 bits per heavy atom. The van der Waals surface area contributed by atoms with Gasteiger partial charge in [0.15, 0.2) is 0 Å². The van der Waals surface area contributed by atoms with Crippen LogP contribution in [0.15, 0.2) is 36.7 Å². The molecule has 11 nitrogen and oxygen atoms in total. The summed E-state index contributed by atoms with van der Waals surface area (Å²) in [4.78, 5) is 47.9.